The normalized spacial score (nSPS) is 15.5. The fraction of sp³-hybridized carbons (Fsp3) is 0.556. The molecule has 0 aliphatic heterocycles. The Bertz CT molecular complexity index is 298. The maximum Gasteiger partial charge on any atom is 4.00 e. The van der Waals surface area contributed by atoms with Crippen molar-refractivity contribution in [3.63, 3.8) is 0 Å². The van der Waals surface area contributed by atoms with Gasteiger partial charge in [-0.15, -0.1) is 12.8 Å². The van der Waals surface area contributed by atoms with Gasteiger partial charge in [0, 0.05) is 0 Å². The Kier molecular flexibility index (Phi) is 12.7. The minimum atomic E-state index is 0. The molecule has 0 spiro atoms. The molecule has 0 bridgehead atoms. The molecule has 0 heterocycles. The van der Waals surface area contributed by atoms with Crippen LogP contribution in [0, 0.1) is 12.2 Å². The molecule has 0 unspecified atom stereocenters. The summed E-state index contributed by atoms with van der Waals surface area (Å²) in [5.74, 6) is 0. The summed E-state index contributed by atoms with van der Waals surface area (Å²) < 4.78 is 0. The molecule has 0 aromatic rings. The molecule has 0 atom stereocenters. The summed E-state index contributed by atoms with van der Waals surface area (Å²) in [7, 11) is 0. The van der Waals surface area contributed by atoms with Crippen LogP contribution in [0.25, 0.3) is 0 Å². The summed E-state index contributed by atoms with van der Waals surface area (Å²) in [5.41, 5.74) is 2.83. The van der Waals surface area contributed by atoms with Gasteiger partial charge in [-0.1, -0.05) is 52.4 Å². The van der Waals surface area contributed by atoms with Crippen LogP contribution in [-0.4, -0.2) is 0 Å². The van der Waals surface area contributed by atoms with Crippen LogP contribution in [0.1, 0.15) is 65.2 Å². The second-order valence-corrected chi connectivity index (χ2v) is 4.82. The van der Waals surface area contributed by atoms with Crippen LogP contribution in [-0.2, 0) is 25.8 Å². The first-order valence-corrected chi connectivity index (χ1v) is 7.39. The molecular formula is C18H26Hf+2. The molecule has 0 fully saturated rings. The van der Waals surface area contributed by atoms with E-state index in [0.29, 0.717) is 0 Å². The van der Waals surface area contributed by atoms with Crippen LogP contribution < -0.4 is 0 Å². The smallest absolute Gasteiger partial charge is 0.269 e. The number of rotatable bonds is 6. The number of allylic oxidation sites excluding steroid dienone is 8. The molecule has 0 N–H and O–H groups in total. The van der Waals surface area contributed by atoms with Crippen molar-refractivity contribution in [1.29, 1.82) is 0 Å². The standard InChI is InChI=1S/2C9H13.Hf/c2*1-2-3-6-9-7-4-5-8-9;/h2*4,7H,2-3,5-6H2,1H3;/q2*-1;+4. The van der Waals surface area contributed by atoms with Crippen molar-refractivity contribution in [2.24, 2.45) is 0 Å². The van der Waals surface area contributed by atoms with Crippen molar-refractivity contribution in [1.82, 2.24) is 0 Å². The van der Waals surface area contributed by atoms with Gasteiger partial charge in [-0.05, 0) is 0 Å². The Labute approximate surface area is 138 Å². The molecular weight excluding hydrogens is 395 g/mol. The predicted octanol–water partition coefficient (Wildman–Crippen LogP) is 5.73. The van der Waals surface area contributed by atoms with Gasteiger partial charge in [-0.3, -0.25) is 12.2 Å². The molecule has 2 rings (SSSR count). The molecule has 19 heavy (non-hydrogen) atoms. The Morgan fingerprint density at radius 2 is 1.26 bits per heavy atom. The molecule has 2 aliphatic rings. The maximum atomic E-state index is 3.30. The van der Waals surface area contributed by atoms with E-state index >= 15 is 0 Å². The molecule has 1 heteroatoms. The second-order valence-electron chi connectivity index (χ2n) is 4.82. The van der Waals surface area contributed by atoms with E-state index in [4.69, 9.17) is 0 Å². The van der Waals surface area contributed by atoms with Crippen LogP contribution in [0.3, 0.4) is 0 Å². The summed E-state index contributed by atoms with van der Waals surface area (Å²) in [4.78, 5) is 0. The molecule has 100 valence electrons. The Hall–Kier alpha value is -0.170. The summed E-state index contributed by atoms with van der Waals surface area (Å²) in [6.45, 7) is 4.44. The fourth-order valence-electron chi connectivity index (χ4n) is 1.98. The molecule has 0 amide bonds. The van der Waals surface area contributed by atoms with E-state index in [-0.39, 0.29) is 25.8 Å². The van der Waals surface area contributed by atoms with Crippen molar-refractivity contribution < 1.29 is 25.8 Å². The minimum Gasteiger partial charge on any atom is -0.269 e. The zero-order chi connectivity index (χ0) is 13.1. The third-order valence-electron chi connectivity index (χ3n) is 3.13. The van der Waals surface area contributed by atoms with Crippen molar-refractivity contribution >= 4 is 0 Å². The summed E-state index contributed by atoms with van der Waals surface area (Å²) in [6.07, 6.45) is 25.1. The van der Waals surface area contributed by atoms with E-state index in [9.17, 15) is 0 Å². The van der Waals surface area contributed by atoms with Crippen LogP contribution in [0.4, 0.5) is 0 Å². The Balaban J connectivity index is 0.000000324. The first-order chi connectivity index (χ1) is 8.86. The van der Waals surface area contributed by atoms with Gasteiger partial charge >= 0.3 is 25.8 Å². The fourth-order valence-corrected chi connectivity index (χ4v) is 1.98. The van der Waals surface area contributed by atoms with Gasteiger partial charge in [-0.25, -0.2) is 23.3 Å². The minimum absolute atomic E-state index is 0. The van der Waals surface area contributed by atoms with E-state index in [1.165, 1.54) is 49.7 Å². The van der Waals surface area contributed by atoms with Gasteiger partial charge in [0.05, 0.1) is 0 Å². The van der Waals surface area contributed by atoms with E-state index in [1.807, 2.05) is 0 Å². The first-order valence-electron chi connectivity index (χ1n) is 7.39. The molecule has 0 nitrogen and oxygen atoms in total. The number of hydrogen-bond donors (Lipinski definition) is 0. The third-order valence-corrected chi connectivity index (χ3v) is 3.13. The topological polar surface area (TPSA) is 0 Å². The third kappa shape index (κ3) is 9.38. The van der Waals surface area contributed by atoms with Crippen molar-refractivity contribution in [2.75, 3.05) is 0 Å². The Morgan fingerprint density at radius 3 is 1.53 bits per heavy atom. The SMILES string of the molecule is CCCCC1=[C-]CC=C1.CCCCC1=[C-]CC=C1.[Hf+4]. The van der Waals surface area contributed by atoms with Crippen molar-refractivity contribution in [3.05, 3.63) is 47.6 Å². The van der Waals surface area contributed by atoms with Gasteiger partial charge in [-0.2, -0.15) is 12.2 Å². The monoisotopic (exact) mass is 422 g/mol. The van der Waals surface area contributed by atoms with Crippen LogP contribution in [0.15, 0.2) is 35.5 Å². The average molecular weight is 421 g/mol. The molecule has 0 saturated heterocycles. The van der Waals surface area contributed by atoms with E-state index in [1.54, 1.807) is 0 Å². The zero-order valence-corrected chi connectivity index (χ0v) is 16.1. The summed E-state index contributed by atoms with van der Waals surface area (Å²) in [6, 6.07) is 0. The zero-order valence-electron chi connectivity index (χ0n) is 12.5. The molecule has 0 saturated carbocycles. The van der Waals surface area contributed by atoms with Crippen LogP contribution >= 0.6 is 0 Å². The molecule has 0 aromatic carbocycles. The van der Waals surface area contributed by atoms with Crippen molar-refractivity contribution in [2.45, 2.75) is 65.2 Å². The quantitative estimate of drug-likeness (QED) is 0.380. The molecule has 2 aliphatic carbocycles. The Morgan fingerprint density at radius 1 is 0.842 bits per heavy atom. The first kappa shape index (κ1) is 18.8. The van der Waals surface area contributed by atoms with Gasteiger partial charge < -0.3 is 0 Å². The van der Waals surface area contributed by atoms with Crippen LogP contribution in [0.2, 0.25) is 0 Å². The van der Waals surface area contributed by atoms with Crippen LogP contribution in [0.5, 0.6) is 0 Å². The van der Waals surface area contributed by atoms with E-state index < -0.39 is 0 Å². The summed E-state index contributed by atoms with van der Waals surface area (Å²) >= 11 is 0. The molecule has 0 aromatic heterocycles. The number of unbranched alkanes of at least 4 members (excludes halogenated alkanes) is 2. The second kappa shape index (κ2) is 12.8. The maximum absolute atomic E-state index is 3.30. The largest absolute Gasteiger partial charge is 4.00 e. The van der Waals surface area contributed by atoms with E-state index in [0.717, 1.165) is 12.8 Å². The van der Waals surface area contributed by atoms with E-state index in [2.05, 4.69) is 50.3 Å². The summed E-state index contributed by atoms with van der Waals surface area (Å²) in [5, 5.41) is 0. The predicted molar refractivity (Wildman–Crippen MR) is 80.1 cm³/mol. The number of hydrogen-bond acceptors (Lipinski definition) is 0. The van der Waals surface area contributed by atoms with Gasteiger partial charge in [0.25, 0.3) is 0 Å². The van der Waals surface area contributed by atoms with Gasteiger partial charge in [0.2, 0.25) is 0 Å². The van der Waals surface area contributed by atoms with Gasteiger partial charge in [0.1, 0.15) is 0 Å². The van der Waals surface area contributed by atoms with Crippen molar-refractivity contribution in [3.8, 4) is 0 Å². The van der Waals surface area contributed by atoms with Gasteiger partial charge in [0.15, 0.2) is 0 Å². The molecule has 0 radical (unpaired) electrons. The average Bonchev–Trinajstić information content (AvgIpc) is 3.07.